The van der Waals surface area contributed by atoms with Gasteiger partial charge in [0.05, 0.1) is 0 Å². The van der Waals surface area contributed by atoms with Gasteiger partial charge in [-0.15, -0.1) is 0 Å². The second kappa shape index (κ2) is 4.53. The maximum absolute atomic E-state index is 5.61. The van der Waals surface area contributed by atoms with Crippen molar-refractivity contribution >= 4 is 33.3 Å². The first kappa shape index (κ1) is 11.0. The SMILES string of the molecule is Cc1cc(Nc2cccc(N)n2)ccc1Br. The van der Waals surface area contributed by atoms with Crippen LogP contribution in [0.2, 0.25) is 0 Å². The standard InChI is InChI=1S/C12H12BrN3/c1-8-7-9(5-6-10(8)13)15-12-4-2-3-11(14)16-12/h2-7H,1H3,(H3,14,15,16). The van der Waals surface area contributed by atoms with E-state index in [-0.39, 0.29) is 0 Å². The summed E-state index contributed by atoms with van der Waals surface area (Å²) >= 11 is 3.46. The number of benzene rings is 1. The molecule has 0 aliphatic heterocycles. The van der Waals surface area contributed by atoms with E-state index in [4.69, 9.17) is 5.73 Å². The van der Waals surface area contributed by atoms with Crippen LogP contribution >= 0.6 is 15.9 Å². The monoisotopic (exact) mass is 277 g/mol. The van der Waals surface area contributed by atoms with E-state index in [1.807, 2.05) is 31.2 Å². The lowest BCUT2D eigenvalue weighted by Gasteiger charge is -2.07. The molecule has 1 heterocycles. The van der Waals surface area contributed by atoms with Gasteiger partial charge < -0.3 is 11.1 Å². The first-order valence-corrected chi connectivity index (χ1v) is 5.70. The largest absolute Gasteiger partial charge is 0.384 e. The number of hydrogen-bond donors (Lipinski definition) is 2. The van der Waals surface area contributed by atoms with Crippen LogP contribution in [0.1, 0.15) is 5.56 Å². The van der Waals surface area contributed by atoms with Crippen molar-refractivity contribution in [3.05, 3.63) is 46.4 Å². The summed E-state index contributed by atoms with van der Waals surface area (Å²) in [5, 5.41) is 3.20. The van der Waals surface area contributed by atoms with Crippen LogP contribution in [-0.4, -0.2) is 4.98 Å². The number of halogens is 1. The molecule has 0 fully saturated rings. The van der Waals surface area contributed by atoms with Crippen molar-refractivity contribution in [1.29, 1.82) is 0 Å². The Labute approximate surface area is 103 Å². The number of aryl methyl sites for hydroxylation is 1. The van der Waals surface area contributed by atoms with Crippen molar-refractivity contribution in [2.45, 2.75) is 6.92 Å². The predicted molar refractivity (Wildman–Crippen MR) is 70.8 cm³/mol. The van der Waals surface area contributed by atoms with E-state index in [0.29, 0.717) is 5.82 Å². The highest BCUT2D eigenvalue weighted by atomic mass is 79.9. The van der Waals surface area contributed by atoms with Crippen molar-refractivity contribution < 1.29 is 0 Å². The Balaban J connectivity index is 2.24. The summed E-state index contributed by atoms with van der Waals surface area (Å²) in [5.74, 6) is 1.26. The number of pyridine rings is 1. The van der Waals surface area contributed by atoms with Gasteiger partial charge in [0.2, 0.25) is 0 Å². The number of anilines is 3. The van der Waals surface area contributed by atoms with Gasteiger partial charge in [0.15, 0.2) is 0 Å². The molecule has 1 aromatic heterocycles. The summed E-state index contributed by atoms with van der Waals surface area (Å²) in [6.45, 7) is 2.04. The van der Waals surface area contributed by atoms with Crippen molar-refractivity contribution in [2.24, 2.45) is 0 Å². The minimum Gasteiger partial charge on any atom is -0.384 e. The minimum absolute atomic E-state index is 0.513. The highest BCUT2D eigenvalue weighted by Gasteiger charge is 1.99. The second-order valence-electron chi connectivity index (χ2n) is 3.54. The van der Waals surface area contributed by atoms with Crippen LogP contribution in [0.25, 0.3) is 0 Å². The second-order valence-corrected chi connectivity index (χ2v) is 4.39. The summed E-state index contributed by atoms with van der Waals surface area (Å²) in [7, 11) is 0. The molecule has 3 N–H and O–H groups in total. The molecular weight excluding hydrogens is 266 g/mol. The number of rotatable bonds is 2. The smallest absolute Gasteiger partial charge is 0.132 e. The molecule has 16 heavy (non-hydrogen) atoms. The lowest BCUT2D eigenvalue weighted by atomic mass is 10.2. The Hall–Kier alpha value is -1.55. The summed E-state index contributed by atoms with van der Waals surface area (Å²) in [6.07, 6.45) is 0. The van der Waals surface area contributed by atoms with E-state index >= 15 is 0 Å². The molecule has 0 atom stereocenters. The molecule has 0 aliphatic rings. The quantitative estimate of drug-likeness (QED) is 0.884. The van der Waals surface area contributed by atoms with Crippen LogP contribution in [0.5, 0.6) is 0 Å². The van der Waals surface area contributed by atoms with E-state index in [9.17, 15) is 0 Å². The first-order chi connectivity index (χ1) is 7.65. The van der Waals surface area contributed by atoms with Crippen LogP contribution in [0.4, 0.5) is 17.3 Å². The van der Waals surface area contributed by atoms with Gasteiger partial charge in [0.1, 0.15) is 11.6 Å². The normalized spacial score (nSPS) is 10.1. The summed E-state index contributed by atoms with van der Waals surface area (Å²) < 4.78 is 1.10. The lowest BCUT2D eigenvalue weighted by molar-refractivity contribution is 1.31. The van der Waals surface area contributed by atoms with Gasteiger partial charge in [-0.3, -0.25) is 0 Å². The maximum atomic E-state index is 5.61. The molecule has 0 saturated carbocycles. The molecule has 0 amide bonds. The molecule has 82 valence electrons. The number of nitrogens with two attached hydrogens (primary N) is 1. The predicted octanol–water partition coefficient (Wildman–Crippen LogP) is 3.48. The lowest BCUT2D eigenvalue weighted by Crippen LogP contribution is -1.96. The highest BCUT2D eigenvalue weighted by molar-refractivity contribution is 9.10. The number of hydrogen-bond acceptors (Lipinski definition) is 3. The first-order valence-electron chi connectivity index (χ1n) is 4.91. The summed E-state index contributed by atoms with van der Waals surface area (Å²) in [5.41, 5.74) is 7.78. The number of aromatic nitrogens is 1. The van der Waals surface area contributed by atoms with Gasteiger partial charge in [0, 0.05) is 10.2 Å². The van der Waals surface area contributed by atoms with E-state index in [0.717, 1.165) is 16.0 Å². The topological polar surface area (TPSA) is 50.9 Å². The van der Waals surface area contributed by atoms with Crippen molar-refractivity contribution in [2.75, 3.05) is 11.1 Å². The Morgan fingerprint density at radius 1 is 1.25 bits per heavy atom. The third-order valence-electron chi connectivity index (χ3n) is 2.20. The average Bonchev–Trinajstić information content (AvgIpc) is 2.24. The Kier molecular flexibility index (Phi) is 3.10. The zero-order valence-corrected chi connectivity index (χ0v) is 10.5. The molecular formula is C12H12BrN3. The van der Waals surface area contributed by atoms with Crippen molar-refractivity contribution in [3.63, 3.8) is 0 Å². The third kappa shape index (κ3) is 2.52. The Morgan fingerprint density at radius 2 is 2.06 bits per heavy atom. The zero-order valence-electron chi connectivity index (χ0n) is 8.87. The summed E-state index contributed by atoms with van der Waals surface area (Å²) in [6, 6.07) is 11.6. The Morgan fingerprint density at radius 3 is 2.75 bits per heavy atom. The third-order valence-corrected chi connectivity index (χ3v) is 3.09. The molecule has 4 heteroatoms. The van der Waals surface area contributed by atoms with E-state index in [2.05, 4.69) is 32.3 Å². The number of nitrogens with zero attached hydrogens (tertiary/aromatic N) is 1. The molecule has 0 spiro atoms. The van der Waals surface area contributed by atoms with Gasteiger partial charge >= 0.3 is 0 Å². The van der Waals surface area contributed by atoms with Crippen LogP contribution in [0, 0.1) is 6.92 Å². The Bertz CT molecular complexity index is 511. The molecule has 0 radical (unpaired) electrons. The van der Waals surface area contributed by atoms with Crippen LogP contribution < -0.4 is 11.1 Å². The average molecular weight is 278 g/mol. The maximum Gasteiger partial charge on any atom is 0.132 e. The zero-order chi connectivity index (χ0) is 11.5. The van der Waals surface area contributed by atoms with E-state index in [1.54, 1.807) is 6.07 Å². The molecule has 0 unspecified atom stereocenters. The van der Waals surface area contributed by atoms with Gasteiger partial charge in [-0.05, 0) is 42.8 Å². The van der Waals surface area contributed by atoms with Crippen LogP contribution in [0.15, 0.2) is 40.9 Å². The van der Waals surface area contributed by atoms with Gasteiger partial charge in [-0.25, -0.2) is 4.98 Å². The molecule has 0 aliphatic carbocycles. The van der Waals surface area contributed by atoms with Gasteiger partial charge in [-0.1, -0.05) is 22.0 Å². The molecule has 0 bridgehead atoms. The molecule has 1 aromatic carbocycles. The van der Waals surface area contributed by atoms with E-state index < -0.39 is 0 Å². The minimum atomic E-state index is 0.513. The molecule has 2 aromatic rings. The fraction of sp³-hybridized carbons (Fsp3) is 0.0833. The van der Waals surface area contributed by atoms with Crippen LogP contribution in [0.3, 0.4) is 0 Å². The summed E-state index contributed by atoms with van der Waals surface area (Å²) in [4.78, 5) is 4.18. The highest BCUT2D eigenvalue weighted by Crippen LogP contribution is 2.22. The van der Waals surface area contributed by atoms with Gasteiger partial charge in [-0.2, -0.15) is 0 Å². The van der Waals surface area contributed by atoms with Crippen molar-refractivity contribution in [1.82, 2.24) is 4.98 Å². The van der Waals surface area contributed by atoms with Gasteiger partial charge in [0.25, 0.3) is 0 Å². The molecule has 3 nitrogen and oxygen atoms in total. The molecule has 2 rings (SSSR count). The van der Waals surface area contributed by atoms with Crippen LogP contribution in [-0.2, 0) is 0 Å². The van der Waals surface area contributed by atoms with Crippen molar-refractivity contribution in [3.8, 4) is 0 Å². The fourth-order valence-corrected chi connectivity index (χ4v) is 1.64. The van der Waals surface area contributed by atoms with E-state index in [1.165, 1.54) is 5.56 Å². The number of nitrogens with one attached hydrogen (secondary N) is 1. The number of nitrogen functional groups attached to an aromatic ring is 1. The molecule has 0 saturated heterocycles. The fourth-order valence-electron chi connectivity index (χ4n) is 1.39.